The quantitative estimate of drug-likeness (QED) is 0.863. The highest BCUT2D eigenvalue weighted by molar-refractivity contribution is 8.00. The summed E-state index contributed by atoms with van der Waals surface area (Å²) in [5.41, 5.74) is 1.56. The van der Waals surface area contributed by atoms with Crippen molar-refractivity contribution in [2.24, 2.45) is 0 Å². The van der Waals surface area contributed by atoms with Gasteiger partial charge in [0.1, 0.15) is 16.9 Å². The van der Waals surface area contributed by atoms with Crippen molar-refractivity contribution in [3.63, 3.8) is 0 Å². The number of ether oxygens (including phenoxy) is 1. The van der Waals surface area contributed by atoms with Gasteiger partial charge in [0.05, 0.1) is 12.9 Å². The summed E-state index contributed by atoms with van der Waals surface area (Å²) in [7, 11) is 1.61. The van der Waals surface area contributed by atoms with Crippen LogP contribution in [0.2, 0.25) is 0 Å². The second-order valence-corrected chi connectivity index (χ2v) is 6.12. The van der Waals surface area contributed by atoms with Crippen molar-refractivity contribution in [1.29, 1.82) is 0 Å². The molecular formula is C17H16FNO2S. The average molecular weight is 317 g/mol. The molecule has 114 valence electrons. The number of amides is 1. The van der Waals surface area contributed by atoms with Gasteiger partial charge in [0.15, 0.2) is 0 Å². The smallest absolute Gasteiger partial charge is 0.234 e. The first-order chi connectivity index (χ1) is 10.7. The molecule has 1 heterocycles. The van der Waals surface area contributed by atoms with Crippen LogP contribution in [0, 0.1) is 5.82 Å². The van der Waals surface area contributed by atoms with E-state index in [9.17, 15) is 9.18 Å². The Balaban J connectivity index is 1.83. The molecule has 0 saturated carbocycles. The molecule has 22 heavy (non-hydrogen) atoms. The normalized spacial score (nSPS) is 17.8. The minimum atomic E-state index is -0.269. The molecular weight excluding hydrogens is 301 g/mol. The number of halogens is 1. The lowest BCUT2D eigenvalue weighted by Gasteiger charge is -2.24. The van der Waals surface area contributed by atoms with Gasteiger partial charge < -0.3 is 9.64 Å². The zero-order chi connectivity index (χ0) is 15.5. The number of hydrogen-bond acceptors (Lipinski definition) is 3. The number of thioether (sulfide) groups is 1. The predicted octanol–water partition coefficient (Wildman–Crippen LogP) is 3.61. The van der Waals surface area contributed by atoms with Crippen LogP contribution in [-0.2, 0) is 11.3 Å². The van der Waals surface area contributed by atoms with Gasteiger partial charge >= 0.3 is 0 Å². The number of rotatable bonds is 4. The number of hydrogen-bond donors (Lipinski definition) is 0. The Morgan fingerprint density at radius 3 is 2.64 bits per heavy atom. The Bertz CT molecular complexity index is 675. The maximum absolute atomic E-state index is 14.0. The van der Waals surface area contributed by atoms with Gasteiger partial charge in [-0.3, -0.25) is 4.79 Å². The van der Waals surface area contributed by atoms with E-state index in [1.807, 2.05) is 24.3 Å². The fourth-order valence-electron chi connectivity index (χ4n) is 2.49. The number of methoxy groups -OCH3 is 1. The zero-order valence-electron chi connectivity index (χ0n) is 12.2. The number of carbonyl (C=O) groups is 1. The van der Waals surface area contributed by atoms with Crippen molar-refractivity contribution in [2.75, 3.05) is 12.9 Å². The van der Waals surface area contributed by atoms with Gasteiger partial charge in [0, 0.05) is 12.1 Å². The first kappa shape index (κ1) is 14.9. The summed E-state index contributed by atoms with van der Waals surface area (Å²) in [6, 6.07) is 14.2. The average Bonchev–Trinajstić information content (AvgIpc) is 2.90. The Morgan fingerprint density at radius 2 is 1.95 bits per heavy atom. The first-order valence-electron chi connectivity index (χ1n) is 6.97. The largest absolute Gasteiger partial charge is 0.497 e. The third kappa shape index (κ3) is 2.95. The van der Waals surface area contributed by atoms with Gasteiger partial charge in [-0.15, -0.1) is 11.8 Å². The highest BCUT2D eigenvalue weighted by Crippen LogP contribution is 2.40. The van der Waals surface area contributed by atoms with E-state index in [1.165, 1.54) is 17.8 Å². The molecule has 3 nitrogen and oxygen atoms in total. The van der Waals surface area contributed by atoms with Crippen LogP contribution in [0.1, 0.15) is 16.5 Å². The molecule has 0 N–H and O–H groups in total. The number of nitrogens with zero attached hydrogens (tertiary/aromatic N) is 1. The van der Waals surface area contributed by atoms with E-state index < -0.39 is 0 Å². The molecule has 0 aromatic heterocycles. The molecule has 2 aromatic rings. The van der Waals surface area contributed by atoms with Gasteiger partial charge in [-0.05, 0) is 23.8 Å². The third-order valence-electron chi connectivity index (χ3n) is 3.65. The Kier molecular flexibility index (Phi) is 4.34. The van der Waals surface area contributed by atoms with Crippen LogP contribution in [-0.4, -0.2) is 23.7 Å². The highest BCUT2D eigenvalue weighted by Gasteiger charge is 2.34. The minimum absolute atomic E-state index is 0.0362. The maximum Gasteiger partial charge on any atom is 0.234 e. The van der Waals surface area contributed by atoms with E-state index in [-0.39, 0.29) is 17.1 Å². The summed E-state index contributed by atoms with van der Waals surface area (Å²) >= 11 is 1.46. The summed E-state index contributed by atoms with van der Waals surface area (Å²) in [6.45, 7) is 0.467. The maximum atomic E-state index is 14.0. The van der Waals surface area contributed by atoms with Gasteiger partial charge in [-0.2, -0.15) is 0 Å². The summed E-state index contributed by atoms with van der Waals surface area (Å²) in [6.07, 6.45) is 0. The summed E-state index contributed by atoms with van der Waals surface area (Å²) < 4.78 is 19.1. The van der Waals surface area contributed by atoms with Crippen LogP contribution in [0.4, 0.5) is 4.39 Å². The summed E-state index contributed by atoms with van der Waals surface area (Å²) in [5.74, 6) is 0.926. The fraction of sp³-hybridized carbons (Fsp3) is 0.235. The second kappa shape index (κ2) is 6.40. The molecule has 0 aliphatic carbocycles. The molecule has 1 atom stereocenters. The molecule has 3 rings (SSSR count). The first-order valence-corrected chi connectivity index (χ1v) is 8.02. The van der Waals surface area contributed by atoms with Crippen molar-refractivity contribution >= 4 is 17.7 Å². The van der Waals surface area contributed by atoms with Crippen molar-refractivity contribution < 1.29 is 13.9 Å². The van der Waals surface area contributed by atoms with E-state index in [0.717, 1.165) is 11.3 Å². The van der Waals surface area contributed by atoms with Crippen LogP contribution in [0.15, 0.2) is 48.5 Å². The Labute approximate surface area is 133 Å². The Morgan fingerprint density at radius 1 is 1.23 bits per heavy atom. The van der Waals surface area contributed by atoms with Crippen molar-refractivity contribution in [2.45, 2.75) is 11.9 Å². The van der Waals surface area contributed by atoms with E-state index in [4.69, 9.17) is 4.74 Å². The summed E-state index contributed by atoms with van der Waals surface area (Å²) in [4.78, 5) is 13.9. The summed E-state index contributed by atoms with van der Waals surface area (Å²) in [5, 5.41) is -0.268. The number of carbonyl (C=O) groups excluding carboxylic acids is 1. The predicted molar refractivity (Wildman–Crippen MR) is 85.1 cm³/mol. The lowest BCUT2D eigenvalue weighted by molar-refractivity contribution is -0.128. The van der Waals surface area contributed by atoms with Crippen molar-refractivity contribution in [3.05, 3.63) is 65.5 Å². The van der Waals surface area contributed by atoms with Crippen molar-refractivity contribution in [3.8, 4) is 5.75 Å². The second-order valence-electron chi connectivity index (χ2n) is 5.05. The molecule has 2 aromatic carbocycles. The van der Waals surface area contributed by atoms with Gasteiger partial charge in [-0.1, -0.05) is 30.3 Å². The van der Waals surface area contributed by atoms with E-state index in [2.05, 4.69) is 0 Å². The van der Waals surface area contributed by atoms with Crippen LogP contribution in [0.3, 0.4) is 0 Å². The molecule has 0 radical (unpaired) electrons. The minimum Gasteiger partial charge on any atom is -0.497 e. The lowest BCUT2D eigenvalue weighted by Crippen LogP contribution is -2.28. The molecule has 0 spiro atoms. The topological polar surface area (TPSA) is 29.5 Å². The zero-order valence-corrected chi connectivity index (χ0v) is 13.0. The van der Waals surface area contributed by atoms with Crippen LogP contribution < -0.4 is 4.74 Å². The van der Waals surface area contributed by atoms with Crippen LogP contribution in [0.25, 0.3) is 0 Å². The SMILES string of the molecule is COc1ccc(CN2C(=O)CSC2c2ccccc2F)cc1. The number of benzene rings is 2. The van der Waals surface area contributed by atoms with Crippen LogP contribution in [0.5, 0.6) is 5.75 Å². The third-order valence-corrected chi connectivity index (χ3v) is 4.89. The van der Waals surface area contributed by atoms with Crippen molar-refractivity contribution in [1.82, 2.24) is 4.90 Å². The molecule has 1 aliphatic heterocycles. The van der Waals surface area contributed by atoms with Gasteiger partial charge in [0.25, 0.3) is 0 Å². The monoisotopic (exact) mass is 317 g/mol. The van der Waals surface area contributed by atoms with E-state index in [0.29, 0.717) is 17.9 Å². The fourth-order valence-corrected chi connectivity index (χ4v) is 3.69. The molecule has 1 amide bonds. The molecule has 1 unspecified atom stereocenters. The van der Waals surface area contributed by atoms with E-state index >= 15 is 0 Å². The van der Waals surface area contributed by atoms with Gasteiger partial charge in [0.2, 0.25) is 5.91 Å². The molecule has 1 fully saturated rings. The van der Waals surface area contributed by atoms with E-state index in [1.54, 1.807) is 30.2 Å². The standard InChI is InChI=1S/C17H16FNO2S/c1-21-13-8-6-12(7-9-13)10-19-16(20)11-22-17(19)14-4-2-3-5-15(14)18/h2-9,17H,10-11H2,1H3. The molecule has 1 aliphatic rings. The molecule has 1 saturated heterocycles. The van der Waals surface area contributed by atoms with Gasteiger partial charge in [-0.25, -0.2) is 4.39 Å². The highest BCUT2D eigenvalue weighted by atomic mass is 32.2. The molecule has 0 bridgehead atoms. The van der Waals surface area contributed by atoms with Crippen LogP contribution >= 0.6 is 11.8 Å². The Hall–Kier alpha value is -2.01. The lowest BCUT2D eigenvalue weighted by atomic mass is 10.1. The molecule has 5 heteroatoms.